The monoisotopic (exact) mass is 1120 g/mol. The van der Waals surface area contributed by atoms with E-state index >= 15 is 35.1 Å². The van der Waals surface area contributed by atoms with Crippen LogP contribution in [0.4, 0.5) is 87.8 Å². The fourth-order valence-electron chi connectivity index (χ4n) is 8.96. The molecular formula is C52H24BF20O3P. The second-order valence-corrected chi connectivity index (χ2v) is 19.7. The minimum absolute atomic E-state index is 0.0732. The summed E-state index contributed by atoms with van der Waals surface area (Å²) in [5.74, 6) is -72.0. The number of benzene rings is 8. The van der Waals surface area contributed by atoms with Gasteiger partial charge in [0.15, 0.2) is 69.8 Å². The van der Waals surface area contributed by atoms with Gasteiger partial charge in [-0.05, 0) is 42.5 Å². The van der Waals surface area contributed by atoms with Crippen LogP contribution >= 0.6 is 7.26 Å². The molecule has 0 aliphatic heterocycles. The Kier molecular flexibility index (Phi) is 16.1. The number of ether oxygens (including phenoxy) is 1. The van der Waals surface area contributed by atoms with Crippen molar-refractivity contribution in [1.82, 2.24) is 0 Å². The molecule has 0 aromatic heterocycles. The Morgan fingerprint density at radius 2 is 0.532 bits per heavy atom. The lowest BCUT2D eigenvalue weighted by Crippen LogP contribution is -2.81. The summed E-state index contributed by atoms with van der Waals surface area (Å²) in [6.07, 6.45) is -6.94. The van der Waals surface area contributed by atoms with Crippen LogP contribution in [0.25, 0.3) is 0 Å². The Morgan fingerprint density at radius 3 is 0.766 bits per heavy atom. The van der Waals surface area contributed by atoms with Gasteiger partial charge in [-0.1, -0.05) is 72.8 Å². The van der Waals surface area contributed by atoms with Crippen LogP contribution in [-0.2, 0) is 4.74 Å². The van der Waals surface area contributed by atoms with Gasteiger partial charge in [-0.2, -0.15) is 0 Å². The van der Waals surface area contributed by atoms with E-state index in [9.17, 15) is 62.3 Å². The molecule has 0 spiro atoms. The number of esters is 1. The van der Waals surface area contributed by atoms with E-state index in [4.69, 9.17) is 4.74 Å². The number of rotatable bonds is 11. The molecule has 0 bridgehead atoms. The van der Waals surface area contributed by atoms with Crippen LogP contribution in [0.3, 0.4) is 0 Å². The second kappa shape index (κ2) is 21.9. The predicted octanol–water partition coefficient (Wildman–Crippen LogP) is 10.5. The van der Waals surface area contributed by atoms with E-state index in [-0.39, 0.29) is 11.9 Å². The van der Waals surface area contributed by atoms with E-state index in [1.54, 1.807) is 24.3 Å². The molecular weight excluding hydrogens is 1090 g/mol. The zero-order valence-corrected chi connectivity index (χ0v) is 38.9. The Balaban J connectivity index is 0.000000236. The number of halogens is 20. The second-order valence-electron chi connectivity index (χ2n) is 16.2. The normalized spacial score (nSPS) is 11.6. The minimum atomic E-state index is -7.22. The predicted molar refractivity (Wildman–Crippen MR) is 241 cm³/mol. The van der Waals surface area contributed by atoms with Gasteiger partial charge >= 0.3 is 5.97 Å². The van der Waals surface area contributed by atoms with Crippen LogP contribution < -0.4 is 37.8 Å². The molecule has 0 aliphatic rings. The van der Waals surface area contributed by atoms with Crippen molar-refractivity contribution >= 4 is 62.9 Å². The molecule has 0 radical (unpaired) electrons. The fourth-order valence-corrected chi connectivity index (χ4v) is 13.0. The average Bonchev–Trinajstić information content (AvgIpc) is 3.47. The fraction of sp³-hybridized carbons (Fsp3) is 0.0385. The Labute approximate surface area is 420 Å². The molecule has 0 heterocycles. The summed E-state index contributed by atoms with van der Waals surface area (Å²) in [6.45, 7) is 0. The lowest BCUT2D eigenvalue weighted by Gasteiger charge is -2.44. The van der Waals surface area contributed by atoms with Crippen molar-refractivity contribution in [1.29, 1.82) is 0 Å². The Bertz CT molecular complexity index is 3170. The highest BCUT2D eigenvalue weighted by Crippen LogP contribution is 2.55. The van der Waals surface area contributed by atoms with Crippen molar-refractivity contribution in [3.63, 3.8) is 0 Å². The van der Waals surface area contributed by atoms with Gasteiger partial charge < -0.3 is 4.74 Å². The minimum Gasteiger partial charge on any atom is -0.465 e. The summed E-state index contributed by atoms with van der Waals surface area (Å²) in [4.78, 5) is 26.2. The maximum Gasteiger partial charge on any atom is 0.338 e. The summed E-state index contributed by atoms with van der Waals surface area (Å²) in [7, 11) is -1.00. The zero-order chi connectivity index (χ0) is 56.7. The van der Waals surface area contributed by atoms with Crippen LogP contribution in [0, 0.1) is 116 Å². The maximum atomic E-state index is 15.4. The number of Topliss-reactive ketones (excluding diaryl/α,β-unsaturated/α-hetero) is 1. The third-order valence-electron chi connectivity index (χ3n) is 12.3. The molecule has 0 N–H and O–H groups in total. The van der Waals surface area contributed by atoms with E-state index < -0.39 is 158 Å². The number of ketones is 1. The van der Waals surface area contributed by atoms with Gasteiger partial charge in [-0.15, -0.1) is 21.9 Å². The van der Waals surface area contributed by atoms with Crippen LogP contribution in [0.15, 0.2) is 115 Å². The van der Waals surface area contributed by atoms with Crippen molar-refractivity contribution in [2.75, 3.05) is 13.3 Å². The van der Waals surface area contributed by atoms with Gasteiger partial charge in [0.25, 0.3) is 0 Å². The van der Waals surface area contributed by atoms with Crippen molar-refractivity contribution in [3.05, 3.63) is 243 Å². The van der Waals surface area contributed by atoms with Crippen molar-refractivity contribution in [2.24, 2.45) is 0 Å². The number of carbonyl (C=O) groups excluding carboxylic acids is 2. The first-order chi connectivity index (χ1) is 36.4. The lowest BCUT2D eigenvalue weighted by molar-refractivity contribution is 0.0597. The third kappa shape index (κ3) is 9.14. The summed E-state index contributed by atoms with van der Waals surface area (Å²) in [6, 6.07) is 37.6. The maximum absolute atomic E-state index is 15.4. The number of methoxy groups -OCH3 is 1. The number of hydrogen-bond acceptors (Lipinski definition) is 3. The number of carbonyl (C=O) groups is 2. The molecule has 0 unspecified atom stereocenters. The van der Waals surface area contributed by atoms with E-state index in [1.165, 1.54) is 7.11 Å². The first-order valence-electron chi connectivity index (χ1n) is 21.4. The van der Waals surface area contributed by atoms with Gasteiger partial charge in [0.1, 0.15) is 82.0 Å². The van der Waals surface area contributed by atoms with Gasteiger partial charge in [-0.25, -0.2) is 92.6 Å². The molecule has 0 fully saturated rings. The molecule has 8 aromatic carbocycles. The summed E-state index contributed by atoms with van der Waals surface area (Å²) >= 11 is 0. The first kappa shape index (κ1) is 56.7. The topological polar surface area (TPSA) is 43.4 Å². The lowest BCUT2D eigenvalue weighted by atomic mass is 9.12. The van der Waals surface area contributed by atoms with Crippen LogP contribution in [0.1, 0.15) is 20.7 Å². The highest BCUT2D eigenvalue weighted by molar-refractivity contribution is 7.96. The van der Waals surface area contributed by atoms with E-state index in [0.29, 0.717) is 11.1 Å². The summed E-state index contributed by atoms with van der Waals surface area (Å²) < 4.78 is 299. The zero-order valence-electron chi connectivity index (χ0n) is 38.0. The molecule has 77 heavy (non-hydrogen) atoms. The molecule has 8 aromatic rings. The summed E-state index contributed by atoms with van der Waals surface area (Å²) in [5.41, 5.74) is -13.6. The quantitative estimate of drug-likeness (QED) is 0.0247. The van der Waals surface area contributed by atoms with Crippen molar-refractivity contribution in [2.45, 2.75) is 0 Å². The van der Waals surface area contributed by atoms with Gasteiger partial charge in [0, 0.05) is 5.56 Å². The van der Waals surface area contributed by atoms with E-state index in [2.05, 4.69) is 36.4 Å². The van der Waals surface area contributed by atoms with Gasteiger partial charge in [-0.3, -0.25) is 4.79 Å². The Morgan fingerprint density at radius 1 is 0.325 bits per heavy atom. The molecule has 0 saturated heterocycles. The van der Waals surface area contributed by atoms with Crippen LogP contribution in [-0.4, -0.2) is 31.2 Å². The molecule has 25 heteroatoms. The molecule has 3 nitrogen and oxygen atoms in total. The van der Waals surface area contributed by atoms with Crippen LogP contribution in [0.2, 0.25) is 0 Å². The SMILES string of the molecule is COC(=O)c1ccccc1C(=O)C[P+](c1ccccc1)(c1ccccc1)c1ccccc1.Fc1c(F)c(F)c([B-](c2c(F)c(F)c(F)c(F)c2F)(c2c(F)c(F)c(F)c(F)c2F)c2c(F)c(F)c(F)c(F)c2F)c(F)c1F. The highest BCUT2D eigenvalue weighted by atomic mass is 31.2. The molecule has 0 amide bonds. The average molecular weight is 1120 g/mol. The van der Waals surface area contributed by atoms with Crippen molar-refractivity contribution < 1.29 is 102 Å². The van der Waals surface area contributed by atoms with E-state index in [0.717, 1.165) is 15.9 Å². The number of hydrogen-bond donors (Lipinski definition) is 0. The molecule has 0 saturated carbocycles. The van der Waals surface area contributed by atoms with Crippen LogP contribution in [0.5, 0.6) is 0 Å². The van der Waals surface area contributed by atoms with Gasteiger partial charge in [0.05, 0.1) is 12.7 Å². The molecule has 0 aliphatic carbocycles. The van der Waals surface area contributed by atoms with Crippen molar-refractivity contribution in [3.8, 4) is 0 Å². The standard InChI is InChI=1S/C28H24O3P.C24BF20/c1-31-28(30)26-20-12-11-19-25(26)27(29)21-32(22-13-5-2-6-14-22,23-15-7-3-8-16-23)24-17-9-4-10-18-24;26-5-1(6(27)14(35)21(42)13(5)34)25(2-7(28)15(36)22(43)16(37)8(2)29,3-9(30)17(38)23(44)18(39)10(3)31)4-11(32)19(40)24(45)20(41)12(4)33/h2-20H,21H2,1H3;/q+1;-1. The highest BCUT2D eigenvalue weighted by Gasteiger charge is 2.53. The summed E-state index contributed by atoms with van der Waals surface area (Å²) in [5, 5.41) is 3.38. The van der Waals surface area contributed by atoms with Gasteiger partial charge in [0.2, 0.25) is 5.78 Å². The first-order valence-corrected chi connectivity index (χ1v) is 23.3. The molecule has 398 valence electrons. The molecule has 8 rings (SSSR count). The smallest absolute Gasteiger partial charge is 0.338 e. The largest absolute Gasteiger partial charge is 0.465 e. The Hall–Kier alpha value is -8.01. The van der Waals surface area contributed by atoms with E-state index in [1.807, 2.05) is 54.6 Å². The molecule has 0 atom stereocenters. The third-order valence-corrected chi connectivity index (χ3v) is 16.6.